The number of rotatable bonds is 5. The summed E-state index contributed by atoms with van der Waals surface area (Å²) in [5, 5.41) is 8.94. The van der Waals surface area contributed by atoms with Crippen LogP contribution in [0.3, 0.4) is 0 Å². The van der Waals surface area contributed by atoms with Crippen LogP contribution in [0.15, 0.2) is 60.2 Å². The smallest absolute Gasteiger partial charge is 0.119 e. The van der Waals surface area contributed by atoms with E-state index in [1.165, 1.54) is 5.57 Å². The summed E-state index contributed by atoms with van der Waals surface area (Å²) in [6, 6.07) is 7.54. The van der Waals surface area contributed by atoms with E-state index in [1.54, 1.807) is 0 Å². The summed E-state index contributed by atoms with van der Waals surface area (Å²) in [6.45, 7) is 0.743. The second-order valence-corrected chi connectivity index (χ2v) is 4.21. The van der Waals surface area contributed by atoms with E-state index in [9.17, 15) is 0 Å². The monoisotopic (exact) mass is 242 g/mol. The highest BCUT2D eigenvalue weighted by Gasteiger charge is 1.97. The Balaban J connectivity index is 1.80. The molecule has 1 aliphatic carbocycles. The molecule has 0 aromatic heterocycles. The summed E-state index contributed by atoms with van der Waals surface area (Å²) >= 11 is 0. The molecule has 2 nitrogen and oxygen atoms in total. The Labute approximate surface area is 108 Å². The van der Waals surface area contributed by atoms with Crippen molar-refractivity contribution < 1.29 is 9.84 Å². The van der Waals surface area contributed by atoms with E-state index < -0.39 is 0 Å². The van der Waals surface area contributed by atoms with Gasteiger partial charge in [0, 0.05) is 6.42 Å². The molecule has 1 aromatic carbocycles. The molecular weight excluding hydrogens is 224 g/mol. The first-order chi connectivity index (χ1) is 8.88. The average molecular weight is 242 g/mol. The molecule has 0 atom stereocenters. The molecule has 0 bridgehead atoms. The Hall–Kier alpha value is -1.80. The minimum atomic E-state index is 0.0737. The highest BCUT2D eigenvalue weighted by Crippen LogP contribution is 2.14. The molecule has 0 saturated heterocycles. The van der Waals surface area contributed by atoms with Gasteiger partial charge in [0.1, 0.15) is 5.75 Å². The van der Waals surface area contributed by atoms with Crippen LogP contribution < -0.4 is 4.74 Å². The third-order valence-corrected chi connectivity index (χ3v) is 2.82. The molecule has 2 rings (SSSR count). The van der Waals surface area contributed by atoms with E-state index in [1.807, 2.05) is 24.3 Å². The van der Waals surface area contributed by atoms with Crippen LogP contribution in [-0.4, -0.2) is 11.7 Å². The molecule has 0 saturated carbocycles. The van der Waals surface area contributed by atoms with Crippen LogP contribution in [0.1, 0.15) is 18.4 Å². The van der Waals surface area contributed by atoms with E-state index >= 15 is 0 Å². The van der Waals surface area contributed by atoms with E-state index in [0.29, 0.717) is 6.61 Å². The summed E-state index contributed by atoms with van der Waals surface area (Å²) in [6.07, 6.45) is 12.6. The summed E-state index contributed by atoms with van der Waals surface area (Å²) in [5.41, 5.74) is 2.19. The maximum Gasteiger partial charge on any atom is 0.119 e. The van der Waals surface area contributed by atoms with Crippen molar-refractivity contribution in [2.75, 3.05) is 6.61 Å². The molecule has 1 aliphatic rings. The predicted octanol–water partition coefficient (Wildman–Crippen LogP) is 3.39. The lowest BCUT2D eigenvalue weighted by atomic mass is 10.2. The normalized spacial score (nSPS) is 14.2. The van der Waals surface area contributed by atoms with Crippen LogP contribution in [0.4, 0.5) is 0 Å². The van der Waals surface area contributed by atoms with Gasteiger partial charge in [-0.3, -0.25) is 0 Å². The van der Waals surface area contributed by atoms with E-state index in [4.69, 9.17) is 9.84 Å². The highest BCUT2D eigenvalue weighted by atomic mass is 16.5. The molecule has 1 aromatic rings. The second kappa shape index (κ2) is 6.82. The van der Waals surface area contributed by atoms with Gasteiger partial charge in [0.05, 0.1) is 13.2 Å². The number of hydrogen-bond acceptors (Lipinski definition) is 2. The van der Waals surface area contributed by atoms with E-state index in [2.05, 4.69) is 30.4 Å². The zero-order valence-corrected chi connectivity index (χ0v) is 10.4. The number of hydrogen-bond donors (Lipinski definition) is 1. The number of ether oxygens (including phenoxy) is 1. The Bertz CT molecular complexity index is 452. The Morgan fingerprint density at radius 1 is 1.11 bits per heavy atom. The molecule has 1 N–H and O–H groups in total. The molecule has 2 heteroatoms. The van der Waals surface area contributed by atoms with Crippen LogP contribution in [0.5, 0.6) is 5.75 Å². The number of aliphatic hydroxyl groups is 1. The van der Waals surface area contributed by atoms with Crippen molar-refractivity contribution in [2.24, 2.45) is 0 Å². The predicted molar refractivity (Wildman–Crippen MR) is 73.5 cm³/mol. The fourth-order valence-corrected chi connectivity index (χ4v) is 1.77. The number of allylic oxidation sites excluding steroid dienone is 5. The van der Waals surface area contributed by atoms with Crippen LogP contribution in [-0.2, 0) is 6.61 Å². The first kappa shape index (κ1) is 12.7. The van der Waals surface area contributed by atoms with Crippen molar-refractivity contribution in [3.8, 4) is 5.75 Å². The summed E-state index contributed by atoms with van der Waals surface area (Å²) < 4.78 is 5.67. The van der Waals surface area contributed by atoms with Gasteiger partial charge in [-0.15, -0.1) is 0 Å². The molecule has 0 radical (unpaired) electrons. The zero-order chi connectivity index (χ0) is 12.6. The topological polar surface area (TPSA) is 29.5 Å². The van der Waals surface area contributed by atoms with Crippen molar-refractivity contribution >= 4 is 0 Å². The summed E-state index contributed by atoms with van der Waals surface area (Å²) in [4.78, 5) is 0. The van der Waals surface area contributed by atoms with Crippen LogP contribution in [0.25, 0.3) is 0 Å². The SMILES string of the molecule is OCc1ccc(OCCC2=CC=CCC=C2)cc1. The molecule has 0 fully saturated rings. The molecule has 94 valence electrons. The van der Waals surface area contributed by atoms with Crippen molar-refractivity contribution in [1.29, 1.82) is 0 Å². The quantitative estimate of drug-likeness (QED) is 0.857. The highest BCUT2D eigenvalue weighted by molar-refractivity contribution is 5.28. The average Bonchev–Trinajstić information content (AvgIpc) is 2.68. The van der Waals surface area contributed by atoms with E-state index in [-0.39, 0.29) is 6.61 Å². The number of benzene rings is 1. The Kier molecular flexibility index (Phi) is 4.79. The molecule has 0 unspecified atom stereocenters. The maximum absolute atomic E-state index is 8.94. The summed E-state index contributed by atoms with van der Waals surface area (Å²) in [5.74, 6) is 0.848. The third kappa shape index (κ3) is 3.90. The molecule has 0 amide bonds. The zero-order valence-electron chi connectivity index (χ0n) is 10.4. The molecule has 0 aliphatic heterocycles. The fourth-order valence-electron chi connectivity index (χ4n) is 1.77. The largest absolute Gasteiger partial charge is 0.493 e. The maximum atomic E-state index is 8.94. The lowest BCUT2D eigenvalue weighted by Crippen LogP contribution is -1.98. The second-order valence-electron chi connectivity index (χ2n) is 4.21. The third-order valence-electron chi connectivity index (χ3n) is 2.82. The van der Waals surface area contributed by atoms with Crippen LogP contribution >= 0.6 is 0 Å². The standard InChI is InChI=1S/C16H18O2/c17-13-15-7-9-16(10-8-15)18-12-11-14-5-3-1-2-4-6-14/h1,3-10,17H,2,11-13H2. The van der Waals surface area contributed by atoms with E-state index in [0.717, 1.165) is 24.2 Å². The van der Waals surface area contributed by atoms with Crippen molar-refractivity contribution in [3.63, 3.8) is 0 Å². The van der Waals surface area contributed by atoms with Gasteiger partial charge in [-0.25, -0.2) is 0 Å². The molecule has 0 heterocycles. The van der Waals surface area contributed by atoms with Gasteiger partial charge in [0.2, 0.25) is 0 Å². The van der Waals surface area contributed by atoms with Crippen molar-refractivity contribution in [1.82, 2.24) is 0 Å². The minimum absolute atomic E-state index is 0.0737. The van der Waals surface area contributed by atoms with Gasteiger partial charge in [-0.1, -0.05) is 42.5 Å². The van der Waals surface area contributed by atoms with Crippen LogP contribution in [0.2, 0.25) is 0 Å². The Morgan fingerprint density at radius 2 is 1.94 bits per heavy atom. The van der Waals surface area contributed by atoms with Gasteiger partial charge < -0.3 is 9.84 Å². The number of aliphatic hydroxyl groups excluding tert-OH is 1. The van der Waals surface area contributed by atoms with Gasteiger partial charge in [0.15, 0.2) is 0 Å². The minimum Gasteiger partial charge on any atom is -0.493 e. The first-order valence-corrected chi connectivity index (χ1v) is 6.23. The van der Waals surface area contributed by atoms with Gasteiger partial charge >= 0.3 is 0 Å². The van der Waals surface area contributed by atoms with Crippen molar-refractivity contribution in [3.05, 3.63) is 65.8 Å². The van der Waals surface area contributed by atoms with Crippen molar-refractivity contribution in [2.45, 2.75) is 19.4 Å². The van der Waals surface area contributed by atoms with Gasteiger partial charge in [-0.05, 0) is 29.7 Å². The lowest BCUT2D eigenvalue weighted by molar-refractivity contribution is 0.281. The molecule has 0 spiro atoms. The molecular formula is C16H18O2. The van der Waals surface area contributed by atoms with Crippen LogP contribution in [0, 0.1) is 0 Å². The Morgan fingerprint density at radius 3 is 2.72 bits per heavy atom. The lowest BCUT2D eigenvalue weighted by Gasteiger charge is -2.07. The fraction of sp³-hybridized carbons (Fsp3) is 0.250. The van der Waals surface area contributed by atoms with Gasteiger partial charge in [-0.2, -0.15) is 0 Å². The first-order valence-electron chi connectivity index (χ1n) is 6.23. The molecule has 18 heavy (non-hydrogen) atoms. The van der Waals surface area contributed by atoms with Gasteiger partial charge in [0.25, 0.3) is 0 Å². The summed E-state index contributed by atoms with van der Waals surface area (Å²) in [7, 11) is 0.